The fraction of sp³-hybridized carbons (Fsp3) is 0.391. The van der Waals surface area contributed by atoms with Gasteiger partial charge in [-0.25, -0.2) is 119 Å². The largest absolute Gasteiger partial charge is 0.487 e. The Hall–Kier alpha value is -8.23. The van der Waals surface area contributed by atoms with Gasteiger partial charge in [0.25, 0.3) is 0 Å². The van der Waals surface area contributed by atoms with Gasteiger partial charge in [0.1, 0.15) is 5.82 Å². The maximum Gasteiger partial charge on any atom is 0.206 e. The molecule has 0 spiro atoms. The molecule has 0 aliphatic rings. The van der Waals surface area contributed by atoms with Crippen molar-refractivity contribution in [2.75, 3.05) is 46.2 Å². The fourth-order valence-corrected chi connectivity index (χ4v) is 7.43. The molecule has 0 bridgehead atoms. The summed E-state index contributed by atoms with van der Waals surface area (Å²) in [6.07, 6.45) is 2.85. The van der Waals surface area contributed by atoms with E-state index >= 15 is 0 Å². The van der Waals surface area contributed by atoms with E-state index in [1.54, 1.807) is 34.6 Å². The molecule has 0 N–H and O–H groups in total. The third-order valence-electron chi connectivity index (χ3n) is 12.6. The van der Waals surface area contributed by atoms with Gasteiger partial charge in [0, 0.05) is 56.8 Å². The Morgan fingerprint density at radius 2 is 0.477 bits per heavy atom. The van der Waals surface area contributed by atoms with Gasteiger partial charge in [0.05, 0.1) is 68.0 Å². The molecule has 7 rings (SSSR count). The lowest BCUT2D eigenvalue weighted by molar-refractivity contribution is 0.0596. The third kappa shape index (κ3) is 27.7. The van der Waals surface area contributed by atoms with Crippen LogP contribution in [0.2, 0.25) is 0 Å². The molecule has 1 unspecified atom stereocenters. The molecule has 7 nitrogen and oxygen atoms in total. The van der Waals surface area contributed by atoms with Crippen LogP contribution in [0, 0.1) is 180 Å². The van der Waals surface area contributed by atoms with Gasteiger partial charge in [-0.05, 0) is 57.9 Å². The zero-order valence-corrected chi connectivity index (χ0v) is 57.2. The Bertz CT molecular complexity index is 3860. The Balaban J connectivity index is 0.000000625. The van der Waals surface area contributed by atoms with Gasteiger partial charge in [-0.3, -0.25) is 0 Å². The van der Waals surface area contributed by atoms with Gasteiger partial charge in [-0.1, -0.05) is 48.5 Å². The lowest BCUT2D eigenvalue weighted by atomic mass is 10.1. The minimum absolute atomic E-state index is 0.00324. The number of ether oxygens (including phenoxy) is 7. The molecule has 0 amide bonds. The zero-order valence-electron chi connectivity index (χ0n) is 57.2. The molecule has 0 aliphatic heterocycles. The highest BCUT2D eigenvalue weighted by molar-refractivity contribution is 5.31. The molecule has 0 saturated heterocycles. The first-order valence-electron chi connectivity index (χ1n) is 31.2. The van der Waals surface area contributed by atoms with Crippen molar-refractivity contribution in [3.8, 4) is 11.5 Å². The maximum atomic E-state index is 13.3. The van der Waals surface area contributed by atoms with E-state index in [0.29, 0.717) is 70.3 Å². The minimum Gasteiger partial charge on any atom is -0.487 e. The first-order valence-corrected chi connectivity index (χ1v) is 31.2. The van der Waals surface area contributed by atoms with Crippen LogP contribution in [-0.2, 0) is 50.1 Å². The van der Waals surface area contributed by atoms with Crippen LogP contribution >= 0.6 is 0 Å². The second kappa shape index (κ2) is 48.2. The number of hydrogen-bond acceptors (Lipinski definition) is 7. The van der Waals surface area contributed by atoms with Crippen LogP contribution in [0.3, 0.4) is 0 Å². The van der Waals surface area contributed by atoms with E-state index in [1.807, 2.05) is 13.8 Å². The lowest BCUT2D eigenvalue weighted by Gasteiger charge is -2.15. The highest BCUT2D eigenvalue weighted by Crippen LogP contribution is 2.33. The smallest absolute Gasteiger partial charge is 0.206 e. The van der Waals surface area contributed by atoms with Crippen molar-refractivity contribution >= 4 is 0 Å². The summed E-state index contributed by atoms with van der Waals surface area (Å²) >= 11 is 0. The highest BCUT2D eigenvalue weighted by Gasteiger charge is 2.31. The maximum absolute atomic E-state index is 13.3. The van der Waals surface area contributed by atoms with Crippen molar-refractivity contribution in [1.82, 2.24) is 0 Å². The predicted molar refractivity (Wildman–Crippen MR) is 320 cm³/mol. The standard InChI is InChI=1S/C11H11F5O.C10H9F5O.3C10H10F4O.C9H7F5O.C9H8F4O/c1-3-4-17-5(2)6-7(12)9(14)11(16)10(15)8(6)13;1-2-3-16-4-5-6(11)8(13)10(15)9(14)7(5)12;1-2-3-15-5-6-9(13)7(11)4-8(12)10(6)14;1-2-3-15-5-6-7(11)4-8(12)10(14)9(6)13;1-2-3-15-5-6-4-7(11)9(13)10(14)8(6)12;1-2-3-15-9-7(13)5(11)4(10)6(12)8(9)14;1-2-3-14-9-7(12)5(10)4-6(11)8(9)13/h5H,3-4H2,1-2H3;2-4H2,1H3;3*4H,2-3,5H2,1H3;2-3H2,1H3;4H,2-3H2,1H3. The molecule has 0 aliphatic carbocycles. The van der Waals surface area contributed by atoms with E-state index < -0.39 is 240 Å². The number of halogens is 31. The van der Waals surface area contributed by atoms with E-state index in [4.69, 9.17) is 23.7 Å². The normalized spacial score (nSPS) is 11.0. The van der Waals surface area contributed by atoms with Crippen molar-refractivity contribution in [2.45, 2.75) is 133 Å². The first-order chi connectivity index (χ1) is 50.2. The van der Waals surface area contributed by atoms with E-state index in [2.05, 4.69) is 9.47 Å². The lowest BCUT2D eigenvalue weighted by Crippen LogP contribution is -2.12. The summed E-state index contributed by atoms with van der Waals surface area (Å²) < 4.78 is 430. The average Bonchev–Trinajstić information content (AvgIpc) is 0.787. The summed E-state index contributed by atoms with van der Waals surface area (Å²) in [6, 6.07) is 1.23. The van der Waals surface area contributed by atoms with Crippen molar-refractivity contribution in [3.05, 3.63) is 232 Å². The van der Waals surface area contributed by atoms with Crippen LogP contribution in [0.25, 0.3) is 0 Å². The van der Waals surface area contributed by atoms with E-state index in [-0.39, 0.29) is 57.3 Å². The number of hydrogen-bond donors (Lipinski definition) is 0. The minimum atomic E-state index is -2.19. The molecular weight excluding hydrogens is 1530 g/mol. The molecule has 0 radical (unpaired) electrons. The molecule has 1 atom stereocenters. The summed E-state index contributed by atoms with van der Waals surface area (Å²) in [5.41, 5.74) is -3.48. The number of rotatable bonds is 26. The van der Waals surface area contributed by atoms with Crippen LogP contribution in [0.4, 0.5) is 136 Å². The van der Waals surface area contributed by atoms with Gasteiger partial charge < -0.3 is 33.2 Å². The predicted octanol–water partition coefficient (Wildman–Crippen LogP) is 22.9. The summed E-state index contributed by atoms with van der Waals surface area (Å²) in [7, 11) is 0. The quantitative estimate of drug-likeness (QED) is 0.0232. The average molecular weight is 1600 g/mol. The summed E-state index contributed by atoms with van der Waals surface area (Å²) in [6.45, 7) is 12.9. The molecule has 0 heterocycles. The van der Waals surface area contributed by atoms with Gasteiger partial charge >= 0.3 is 0 Å². The van der Waals surface area contributed by atoms with Gasteiger partial charge in [0.2, 0.25) is 52.4 Å². The summed E-state index contributed by atoms with van der Waals surface area (Å²) in [5, 5.41) is 0. The van der Waals surface area contributed by atoms with Crippen molar-refractivity contribution < 1.29 is 169 Å². The summed E-state index contributed by atoms with van der Waals surface area (Å²) in [5.74, 6) is -55.6. The Kier molecular flexibility index (Phi) is 43.6. The summed E-state index contributed by atoms with van der Waals surface area (Å²) in [4.78, 5) is 0. The molecule has 0 aromatic heterocycles. The first kappa shape index (κ1) is 96.8. The molecule has 7 aromatic rings. The van der Waals surface area contributed by atoms with E-state index in [9.17, 15) is 136 Å². The second-order valence-electron chi connectivity index (χ2n) is 21.0. The van der Waals surface area contributed by atoms with E-state index in [1.165, 1.54) is 6.92 Å². The highest BCUT2D eigenvalue weighted by atomic mass is 19.2. The zero-order chi connectivity index (χ0) is 82.0. The SMILES string of the molecule is CCCOC(C)c1c(F)c(F)c(F)c(F)c1F.CCCOCc1c(F)c(F)c(F)c(F)c1F.CCCOCc1c(F)c(F)cc(F)c1F.CCCOCc1c(F)cc(F)c(F)c1F.CCCOCc1cc(F)c(F)c(F)c1F.CCCOc1c(F)c(F)c(F)c(F)c1F.CCCOc1c(F)c(F)cc(F)c1F. The topological polar surface area (TPSA) is 64.6 Å². The van der Waals surface area contributed by atoms with Crippen LogP contribution in [0.5, 0.6) is 11.5 Å². The molecule has 7 aromatic carbocycles. The molecule has 0 fully saturated rings. The van der Waals surface area contributed by atoms with Gasteiger partial charge in [-0.2, -0.15) is 17.6 Å². The second-order valence-corrected chi connectivity index (χ2v) is 21.0. The molecule has 107 heavy (non-hydrogen) atoms. The molecule has 0 saturated carbocycles. The molecular formula is C69H65F31O7. The monoisotopic (exact) mass is 1590 g/mol. The molecule has 38 heteroatoms. The van der Waals surface area contributed by atoms with Crippen LogP contribution in [-0.4, -0.2) is 46.2 Å². The number of benzene rings is 7. The Morgan fingerprint density at radius 3 is 0.850 bits per heavy atom. The van der Waals surface area contributed by atoms with Gasteiger partial charge in [-0.15, -0.1) is 0 Å². The molecule has 600 valence electrons. The van der Waals surface area contributed by atoms with Crippen molar-refractivity contribution in [3.63, 3.8) is 0 Å². The Morgan fingerprint density at radius 1 is 0.224 bits per heavy atom. The Labute approximate surface area is 591 Å². The van der Waals surface area contributed by atoms with Gasteiger partial charge in [0.15, 0.2) is 134 Å². The van der Waals surface area contributed by atoms with Crippen molar-refractivity contribution in [2.24, 2.45) is 0 Å². The fourth-order valence-electron chi connectivity index (χ4n) is 7.43. The van der Waals surface area contributed by atoms with Crippen LogP contribution in [0.1, 0.15) is 134 Å². The van der Waals surface area contributed by atoms with Crippen LogP contribution in [0.15, 0.2) is 24.3 Å². The van der Waals surface area contributed by atoms with E-state index in [0.717, 1.165) is 0 Å². The van der Waals surface area contributed by atoms with Crippen LogP contribution < -0.4 is 9.47 Å². The third-order valence-corrected chi connectivity index (χ3v) is 12.6. The van der Waals surface area contributed by atoms with Crippen molar-refractivity contribution in [1.29, 1.82) is 0 Å².